The van der Waals surface area contributed by atoms with Crippen LogP contribution in [0.3, 0.4) is 0 Å². The molecule has 186 valence electrons. The lowest BCUT2D eigenvalue weighted by Gasteiger charge is -2.30. The molecule has 0 radical (unpaired) electrons. The summed E-state index contributed by atoms with van der Waals surface area (Å²) in [6, 6.07) is 5.89. The maximum Gasteiger partial charge on any atom is 0.264 e. The molecule has 3 aliphatic rings. The number of aryl methyl sites for hydroxylation is 1. The molecule has 9 heteroatoms. The molecule has 1 aromatic heterocycles. The number of hydrogen-bond donors (Lipinski definition) is 1. The minimum Gasteiger partial charge on any atom is -0.396 e. The van der Waals surface area contributed by atoms with Gasteiger partial charge in [-0.3, -0.25) is 14.3 Å². The van der Waals surface area contributed by atoms with Gasteiger partial charge in [0.25, 0.3) is 5.91 Å². The normalized spacial score (nSPS) is 26.1. The predicted octanol–water partition coefficient (Wildman–Crippen LogP) is 2.57. The summed E-state index contributed by atoms with van der Waals surface area (Å²) in [7, 11) is 0. The summed E-state index contributed by atoms with van der Waals surface area (Å²) >= 11 is 0. The van der Waals surface area contributed by atoms with Crippen LogP contribution >= 0.6 is 0 Å². The van der Waals surface area contributed by atoms with Crippen molar-refractivity contribution in [2.45, 2.75) is 63.7 Å². The van der Waals surface area contributed by atoms with E-state index in [-0.39, 0.29) is 30.4 Å². The van der Waals surface area contributed by atoms with E-state index in [0.29, 0.717) is 38.9 Å². The molecule has 0 saturated carbocycles. The van der Waals surface area contributed by atoms with Crippen molar-refractivity contribution in [3.05, 3.63) is 48.3 Å². The zero-order chi connectivity index (χ0) is 24.6. The molecule has 1 spiro atoms. The Balaban J connectivity index is 1.42. The molecule has 0 bridgehead atoms. The minimum absolute atomic E-state index is 0.0263. The third-order valence-corrected chi connectivity index (χ3v) is 7.48. The van der Waals surface area contributed by atoms with Crippen LogP contribution in [0.4, 0.5) is 11.4 Å². The highest BCUT2D eigenvalue weighted by Gasteiger charge is 2.60. The first kappa shape index (κ1) is 23.7. The van der Waals surface area contributed by atoms with E-state index in [1.165, 1.54) is 0 Å². The van der Waals surface area contributed by atoms with Gasteiger partial charge < -0.3 is 19.6 Å². The Bertz CT molecular complexity index is 1130. The van der Waals surface area contributed by atoms with Gasteiger partial charge in [0.05, 0.1) is 17.5 Å². The minimum atomic E-state index is -1.07. The highest BCUT2D eigenvalue weighted by Crippen LogP contribution is 2.54. The van der Waals surface area contributed by atoms with Crippen molar-refractivity contribution in [3.8, 4) is 0 Å². The lowest BCUT2D eigenvalue weighted by atomic mass is 9.82. The van der Waals surface area contributed by atoms with Gasteiger partial charge in [-0.2, -0.15) is 0 Å². The van der Waals surface area contributed by atoms with E-state index in [2.05, 4.69) is 23.8 Å². The number of amides is 2. The fraction of sp³-hybridized carbons (Fsp3) is 0.538. The van der Waals surface area contributed by atoms with Gasteiger partial charge in [0.15, 0.2) is 5.60 Å². The number of carbonyl (C=O) groups is 2. The number of hydrogen-bond acceptors (Lipinski definition) is 6. The number of aliphatic hydroxyl groups excluding tert-OH is 1. The number of nitrogens with zero attached hydrogens (tertiary/aromatic N) is 5. The van der Waals surface area contributed by atoms with Crippen LogP contribution in [0.15, 0.2) is 37.1 Å². The van der Waals surface area contributed by atoms with Crippen molar-refractivity contribution in [3.63, 3.8) is 0 Å². The Labute approximate surface area is 205 Å². The Morgan fingerprint density at radius 1 is 1.31 bits per heavy atom. The molecule has 5 rings (SSSR count). The van der Waals surface area contributed by atoms with Gasteiger partial charge in [-0.15, -0.1) is 11.7 Å². The summed E-state index contributed by atoms with van der Waals surface area (Å²) in [5.41, 5.74) is 2.20. The fourth-order valence-electron chi connectivity index (χ4n) is 5.75. The number of aliphatic hydroxyl groups is 1. The van der Waals surface area contributed by atoms with Gasteiger partial charge in [0.2, 0.25) is 5.91 Å². The van der Waals surface area contributed by atoms with E-state index < -0.39 is 5.60 Å². The average Bonchev–Trinajstić information content (AvgIpc) is 3.51. The molecule has 4 heterocycles. The van der Waals surface area contributed by atoms with Crippen molar-refractivity contribution < 1.29 is 19.4 Å². The van der Waals surface area contributed by atoms with E-state index in [9.17, 15) is 9.59 Å². The Hall–Kier alpha value is -3.04. The van der Waals surface area contributed by atoms with Gasteiger partial charge in [-0.1, -0.05) is 18.2 Å². The van der Waals surface area contributed by atoms with Gasteiger partial charge in [-0.25, -0.2) is 0 Å². The first-order valence-electron chi connectivity index (χ1n) is 12.5. The maximum absolute atomic E-state index is 13.9. The summed E-state index contributed by atoms with van der Waals surface area (Å²) in [4.78, 5) is 30.0. The molecule has 2 fully saturated rings. The van der Waals surface area contributed by atoms with Gasteiger partial charge in [-0.05, 0) is 43.9 Å². The SMILES string of the molecule is C=CCN1C(=O)[C@]2(O[C@H](CCn3cc(CCO)nn3)C[C@@H]2C)c2cc(N3CCCCC3=O)ccc21. The number of ether oxygens (including phenoxy) is 1. The summed E-state index contributed by atoms with van der Waals surface area (Å²) in [5, 5.41) is 17.3. The second-order valence-corrected chi connectivity index (χ2v) is 9.76. The zero-order valence-electron chi connectivity index (χ0n) is 20.2. The number of anilines is 2. The highest BCUT2D eigenvalue weighted by molar-refractivity contribution is 6.08. The lowest BCUT2D eigenvalue weighted by molar-refractivity contribution is -0.145. The molecule has 1 N–H and O–H groups in total. The Morgan fingerprint density at radius 3 is 2.94 bits per heavy atom. The van der Waals surface area contributed by atoms with E-state index >= 15 is 0 Å². The van der Waals surface area contributed by atoms with E-state index in [1.54, 1.807) is 15.7 Å². The average molecular weight is 480 g/mol. The molecule has 1 aromatic carbocycles. The molecule has 2 aromatic rings. The molecular weight excluding hydrogens is 446 g/mol. The number of aromatic nitrogens is 3. The highest BCUT2D eigenvalue weighted by atomic mass is 16.5. The number of carbonyl (C=O) groups excluding carboxylic acids is 2. The van der Waals surface area contributed by atoms with Crippen molar-refractivity contribution in [2.75, 3.05) is 29.5 Å². The quantitative estimate of drug-likeness (QED) is 0.584. The van der Waals surface area contributed by atoms with Crippen LogP contribution in [0.5, 0.6) is 0 Å². The van der Waals surface area contributed by atoms with Crippen molar-refractivity contribution in [1.29, 1.82) is 0 Å². The second-order valence-electron chi connectivity index (χ2n) is 9.76. The Kier molecular flexibility index (Phi) is 6.46. The third-order valence-electron chi connectivity index (χ3n) is 7.48. The summed E-state index contributed by atoms with van der Waals surface area (Å²) in [6.07, 6.45) is 7.84. The van der Waals surface area contributed by atoms with Gasteiger partial charge >= 0.3 is 0 Å². The monoisotopic (exact) mass is 479 g/mol. The standard InChI is InChI=1S/C26H33N5O4/c1-3-11-31-23-8-7-20(30-12-5-4-6-24(30)33)16-22(23)26(25(31)34)18(2)15-21(35-26)9-13-29-17-19(10-14-32)27-28-29/h3,7-8,16-18,21,32H,1,4-6,9-15H2,2H3/t18-,21+,26+/m0/s1. The fourth-order valence-corrected chi connectivity index (χ4v) is 5.75. The van der Waals surface area contributed by atoms with Crippen LogP contribution in [0.25, 0.3) is 0 Å². The topological polar surface area (TPSA) is 101 Å². The van der Waals surface area contributed by atoms with Crippen molar-refractivity contribution in [1.82, 2.24) is 15.0 Å². The maximum atomic E-state index is 13.9. The van der Waals surface area contributed by atoms with Crippen molar-refractivity contribution in [2.24, 2.45) is 5.92 Å². The van der Waals surface area contributed by atoms with Crippen LogP contribution in [-0.2, 0) is 32.9 Å². The van der Waals surface area contributed by atoms with Crippen LogP contribution in [0.2, 0.25) is 0 Å². The molecule has 9 nitrogen and oxygen atoms in total. The molecule has 2 amide bonds. The smallest absolute Gasteiger partial charge is 0.264 e. The van der Waals surface area contributed by atoms with E-state index in [0.717, 1.165) is 41.9 Å². The number of benzene rings is 1. The second kappa shape index (κ2) is 9.54. The molecule has 2 saturated heterocycles. The molecule has 0 unspecified atom stereocenters. The molecule has 3 aliphatic heterocycles. The van der Waals surface area contributed by atoms with Crippen LogP contribution in [0.1, 0.15) is 50.3 Å². The number of rotatable bonds is 8. The van der Waals surface area contributed by atoms with E-state index in [1.807, 2.05) is 29.3 Å². The molecular formula is C26H33N5O4. The van der Waals surface area contributed by atoms with E-state index in [4.69, 9.17) is 9.84 Å². The summed E-state index contributed by atoms with van der Waals surface area (Å²) in [5.74, 6) is 0.0428. The van der Waals surface area contributed by atoms with Crippen LogP contribution < -0.4 is 9.80 Å². The Morgan fingerprint density at radius 2 is 2.17 bits per heavy atom. The first-order valence-corrected chi connectivity index (χ1v) is 12.5. The predicted molar refractivity (Wildman–Crippen MR) is 131 cm³/mol. The first-order chi connectivity index (χ1) is 17.0. The lowest BCUT2D eigenvalue weighted by Crippen LogP contribution is -2.44. The molecule has 3 atom stereocenters. The molecule has 0 aliphatic carbocycles. The van der Waals surface area contributed by atoms with Crippen LogP contribution in [0, 0.1) is 5.92 Å². The largest absolute Gasteiger partial charge is 0.396 e. The summed E-state index contributed by atoms with van der Waals surface area (Å²) in [6.45, 7) is 7.68. The van der Waals surface area contributed by atoms with Crippen molar-refractivity contribution >= 4 is 23.2 Å². The van der Waals surface area contributed by atoms with Gasteiger partial charge in [0.1, 0.15) is 0 Å². The van der Waals surface area contributed by atoms with Gasteiger partial charge in [0, 0.05) is 62.4 Å². The van der Waals surface area contributed by atoms with Crippen LogP contribution in [-0.4, -0.2) is 57.7 Å². The number of piperidine rings is 1. The molecule has 35 heavy (non-hydrogen) atoms. The number of fused-ring (bicyclic) bond motifs is 2. The third kappa shape index (κ3) is 4.06. The summed E-state index contributed by atoms with van der Waals surface area (Å²) < 4.78 is 8.41. The zero-order valence-corrected chi connectivity index (χ0v) is 20.2.